The number of fused-ring (bicyclic) bond motifs is 1. The van der Waals surface area contributed by atoms with E-state index < -0.39 is 16.8 Å². The lowest BCUT2D eigenvalue weighted by Gasteiger charge is -2.27. The van der Waals surface area contributed by atoms with Crippen LogP contribution in [0.5, 0.6) is 0 Å². The van der Waals surface area contributed by atoms with E-state index in [0.717, 1.165) is 42.2 Å². The van der Waals surface area contributed by atoms with Crippen LogP contribution < -0.4 is 16.6 Å². The molecule has 1 aromatic carbocycles. The molecule has 0 aliphatic heterocycles. The second-order valence-corrected chi connectivity index (χ2v) is 13.3. The normalized spacial score (nSPS) is 16.7. The number of aromatic nitrogens is 5. The maximum Gasteiger partial charge on any atom is 0.333 e. The van der Waals surface area contributed by atoms with Crippen molar-refractivity contribution in [2.75, 3.05) is 0 Å². The van der Waals surface area contributed by atoms with Gasteiger partial charge in [-0.05, 0) is 84.3 Å². The van der Waals surface area contributed by atoms with E-state index in [-0.39, 0.29) is 24.0 Å². The van der Waals surface area contributed by atoms with Crippen molar-refractivity contribution in [2.45, 2.75) is 104 Å². The van der Waals surface area contributed by atoms with Gasteiger partial charge in [0.1, 0.15) is 15.4 Å². The average molecular weight is 634 g/mol. The fraction of sp³-hybridized carbons (Fsp3) is 0.515. The summed E-state index contributed by atoms with van der Waals surface area (Å²) >= 11 is 1.31. The highest BCUT2D eigenvalue weighted by Gasteiger charge is 2.35. The van der Waals surface area contributed by atoms with Crippen molar-refractivity contribution in [3.05, 3.63) is 74.2 Å². The Balaban J connectivity index is 0.000000440. The molecule has 3 heterocycles. The lowest BCUT2D eigenvalue weighted by Crippen LogP contribution is -2.56. The van der Waals surface area contributed by atoms with Gasteiger partial charge in [-0.15, -0.1) is 4.80 Å². The van der Waals surface area contributed by atoms with Gasteiger partial charge in [0.25, 0.3) is 5.56 Å². The van der Waals surface area contributed by atoms with Crippen LogP contribution in [0.25, 0.3) is 15.2 Å². The predicted octanol–water partition coefficient (Wildman–Crippen LogP) is 4.24. The summed E-state index contributed by atoms with van der Waals surface area (Å²) in [5.41, 5.74) is 0.650. The number of amides is 1. The molecular weight excluding hydrogens is 590 g/mol. The van der Waals surface area contributed by atoms with Crippen molar-refractivity contribution in [1.29, 1.82) is 5.26 Å². The minimum Gasteiger partial charge on any atom is -0.393 e. The van der Waals surface area contributed by atoms with E-state index in [0.29, 0.717) is 33.7 Å². The number of carbonyl (C=O) groups excluding carboxylic acids is 1. The van der Waals surface area contributed by atoms with Crippen molar-refractivity contribution >= 4 is 27.5 Å². The lowest BCUT2D eigenvalue weighted by molar-refractivity contribution is -0.129. The predicted molar refractivity (Wildman–Crippen MR) is 176 cm³/mol. The number of hydrogen-bond donors (Lipinski definition) is 2. The summed E-state index contributed by atoms with van der Waals surface area (Å²) in [5, 5.41) is 29.8. The number of thiophene rings is 1. The third-order valence-electron chi connectivity index (χ3n) is 8.31. The van der Waals surface area contributed by atoms with Crippen molar-refractivity contribution in [3.63, 3.8) is 0 Å². The molecule has 1 amide bonds. The van der Waals surface area contributed by atoms with Crippen molar-refractivity contribution in [1.82, 2.24) is 29.4 Å². The van der Waals surface area contributed by atoms with Crippen LogP contribution in [0.1, 0.15) is 77.0 Å². The first-order chi connectivity index (χ1) is 21.4. The zero-order chi connectivity index (χ0) is 32.9. The van der Waals surface area contributed by atoms with Crippen LogP contribution >= 0.6 is 11.3 Å². The molecule has 5 rings (SSSR count). The van der Waals surface area contributed by atoms with E-state index in [1.54, 1.807) is 30.8 Å². The highest BCUT2D eigenvalue weighted by molar-refractivity contribution is 7.21. The molecule has 2 N–H and O–H groups in total. The Kier molecular flexibility index (Phi) is 10.8. The van der Waals surface area contributed by atoms with Gasteiger partial charge in [0.2, 0.25) is 5.91 Å². The second kappa shape index (κ2) is 14.3. The summed E-state index contributed by atoms with van der Waals surface area (Å²) in [5.74, 6) is -0.172. The first kappa shape index (κ1) is 33.8. The number of aryl methyl sites for hydroxylation is 4. The summed E-state index contributed by atoms with van der Waals surface area (Å²) in [7, 11) is 0. The molecule has 0 spiro atoms. The van der Waals surface area contributed by atoms with Crippen LogP contribution in [0.3, 0.4) is 0 Å². The first-order valence-electron chi connectivity index (χ1n) is 15.5. The Bertz CT molecular complexity index is 1790. The van der Waals surface area contributed by atoms with Crippen LogP contribution in [-0.2, 0) is 29.7 Å². The molecule has 1 saturated carbocycles. The van der Waals surface area contributed by atoms with Gasteiger partial charge in [0.15, 0.2) is 0 Å². The third kappa shape index (κ3) is 7.26. The number of carbonyl (C=O) groups is 1. The van der Waals surface area contributed by atoms with E-state index >= 15 is 0 Å². The number of rotatable bonds is 8. The Morgan fingerprint density at radius 2 is 1.76 bits per heavy atom. The summed E-state index contributed by atoms with van der Waals surface area (Å²) in [6.45, 7) is 11.2. The molecule has 1 aliphatic carbocycles. The molecule has 0 bridgehead atoms. The first-order valence-corrected chi connectivity index (χ1v) is 16.3. The molecule has 45 heavy (non-hydrogen) atoms. The van der Waals surface area contributed by atoms with Gasteiger partial charge >= 0.3 is 5.69 Å². The fourth-order valence-electron chi connectivity index (χ4n) is 5.66. The standard InChI is InChI=1S/C26H32N6O3S.C7H11NO/c1-7-18-10-8-9-11-19(18)12-15-30-23-20(17(4)22(36-23)32-27-13-14-28-32)21(33)31(25(30)35)26(5,6)24(34)29-16(2)3;8-5-6-1-3-7(9)4-2-6/h8-11,13-14,16H,7,12,15H2,1-6H3,(H,29,34);6-7,9H,1-4H2. The summed E-state index contributed by atoms with van der Waals surface area (Å²) in [6.07, 6.45) is 7.91. The smallest absolute Gasteiger partial charge is 0.333 e. The van der Waals surface area contributed by atoms with Gasteiger partial charge in [0, 0.05) is 24.1 Å². The van der Waals surface area contributed by atoms with Gasteiger partial charge in [-0.25, -0.2) is 9.36 Å². The zero-order valence-electron chi connectivity index (χ0n) is 26.9. The maximum atomic E-state index is 13.9. The van der Waals surface area contributed by atoms with Gasteiger partial charge in [0.05, 0.1) is 30.0 Å². The van der Waals surface area contributed by atoms with Gasteiger partial charge in [-0.2, -0.15) is 15.5 Å². The van der Waals surface area contributed by atoms with E-state index in [1.807, 2.05) is 32.9 Å². The second-order valence-electron chi connectivity index (χ2n) is 12.3. The molecule has 3 aromatic heterocycles. The highest BCUT2D eigenvalue weighted by atomic mass is 32.1. The van der Waals surface area contributed by atoms with Crippen LogP contribution in [0.4, 0.5) is 0 Å². The summed E-state index contributed by atoms with van der Waals surface area (Å²) in [4.78, 5) is 42.9. The lowest BCUT2D eigenvalue weighted by atomic mass is 9.89. The number of nitrogens with zero attached hydrogens (tertiary/aromatic N) is 6. The zero-order valence-corrected chi connectivity index (χ0v) is 27.7. The topological polar surface area (TPSA) is 148 Å². The van der Waals surface area contributed by atoms with Gasteiger partial charge in [-0.1, -0.05) is 42.5 Å². The van der Waals surface area contributed by atoms with E-state index in [2.05, 4.69) is 40.6 Å². The Morgan fingerprint density at radius 3 is 2.33 bits per heavy atom. The number of nitriles is 1. The monoisotopic (exact) mass is 633 g/mol. The molecule has 1 fully saturated rings. The molecule has 240 valence electrons. The number of nitrogens with one attached hydrogen (secondary N) is 1. The SMILES string of the molecule is CCc1ccccc1CCn1c(=O)n(C(C)(C)C(=O)NC(C)C)c(=O)c2c(C)c(-n3nccn3)sc21.N#CC1CCC(O)CC1. The van der Waals surface area contributed by atoms with Crippen LogP contribution in [-0.4, -0.2) is 47.3 Å². The Labute approximate surface area is 267 Å². The molecule has 0 atom stereocenters. The van der Waals surface area contributed by atoms with Gasteiger partial charge < -0.3 is 10.4 Å². The van der Waals surface area contributed by atoms with E-state index in [9.17, 15) is 14.4 Å². The molecule has 12 heteroatoms. The molecule has 4 aromatic rings. The maximum absolute atomic E-state index is 13.9. The average Bonchev–Trinajstić information content (AvgIpc) is 3.66. The quantitative estimate of drug-likeness (QED) is 0.295. The number of hydrogen-bond acceptors (Lipinski definition) is 8. The fourth-order valence-corrected chi connectivity index (χ4v) is 6.90. The van der Waals surface area contributed by atoms with Gasteiger partial charge in [-0.3, -0.25) is 14.2 Å². The van der Waals surface area contributed by atoms with Crippen LogP contribution in [0, 0.1) is 24.2 Å². The molecule has 1 aliphatic rings. The molecule has 0 saturated heterocycles. The van der Waals surface area contributed by atoms with Crippen molar-refractivity contribution in [2.24, 2.45) is 5.92 Å². The van der Waals surface area contributed by atoms with Crippen LogP contribution in [0.2, 0.25) is 0 Å². The minimum absolute atomic E-state index is 0.130. The minimum atomic E-state index is -1.39. The van der Waals surface area contributed by atoms with E-state index in [4.69, 9.17) is 10.4 Å². The molecule has 0 radical (unpaired) electrons. The molecule has 11 nitrogen and oxygen atoms in total. The summed E-state index contributed by atoms with van der Waals surface area (Å²) < 4.78 is 2.72. The summed E-state index contributed by atoms with van der Waals surface area (Å²) in [6, 6.07) is 10.2. The van der Waals surface area contributed by atoms with Crippen molar-refractivity contribution < 1.29 is 9.90 Å². The van der Waals surface area contributed by atoms with Crippen molar-refractivity contribution in [3.8, 4) is 11.1 Å². The Morgan fingerprint density at radius 1 is 1.13 bits per heavy atom. The highest BCUT2D eigenvalue weighted by Crippen LogP contribution is 2.31. The number of benzene rings is 1. The molecular formula is C33H43N7O4S. The molecule has 0 unspecified atom stereocenters. The Hall–Kier alpha value is -4.08. The number of aliphatic hydroxyl groups excluding tert-OH is 1. The largest absolute Gasteiger partial charge is 0.393 e. The number of aliphatic hydroxyl groups is 1. The van der Waals surface area contributed by atoms with E-state index in [1.165, 1.54) is 21.7 Å². The third-order valence-corrected chi connectivity index (χ3v) is 9.59. The van der Waals surface area contributed by atoms with Crippen LogP contribution in [0.15, 0.2) is 46.2 Å².